The maximum absolute atomic E-state index is 5.82. The van der Waals surface area contributed by atoms with Gasteiger partial charge in [-0.2, -0.15) is 0 Å². The number of nitrogens with zero attached hydrogens (tertiary/aromatic N) is 2. The molecule has 176 valence electrons. The summed E-state index contributed by atoms with van der Waals surface area (Å²) in [5.41, 5.74) is 5.27. The van der Waals surface area contributed by atoms with Crippen molar-refractivity contribution in [3.8, 4) is 0 Å². The molecule has 0 aromatic carbocycles. The summed E-state index contributed by atoms with van der Waals surface area (Å²) in [7, 11) is 0. The summed E-state index contributed by atoms with van der Waals surface area (Å²) in [6.45, 7) is 19.7. The van der Waals surface area contributed by atoms with Crippen molar-refractivity contribution in [3.63, 3.8) is 0 Å². The van der Waals surface area contributed by atoms with Crippen LogP contribution in [-0.4, -0.2) is 9.97 Å². The minimum absolute atomic E-state index is 0.500. The monoisotopic (exact) mass is 454 g/mol. The molecule has 2 aromatic rings. The summed E-state index contributed by atoms with van der Waals surface area (Å²) >= 11 is 0. The van der Waals surface area contributed by atoms with Crippen LogP contribution in [-0.2, 0) is 0 Å². The number of rotatable bonds is 8. The third kappa shape index (κ3) is 7.31. The Kier molecular flexibility index (Phi) is 10.0. The summed E-state index contributed by atoms with van der Waals surface area (Å²) in [5.74, 6) is 1.13. The Labute approximate surface area is 202 Å². The minimum atomic E-state index is 0.500. The Balaban J connectivity index is 2.18. The summed E-state index contributed by atoms with van der Waals surface area (Å²) in [6.07, 6.45) is 23.4. The number of allylic oxidation sites excluding steroid dienone is 13. The molecule has 0 spiro atoms. The van der Waals surface area contributed by atoms with Crippen molar-refractivity contribution in [3.05, 3.63) is 106 Å². The first-order chi connectivity index (χ1) is 16.3. The zero-order valence-electron chi connectivity index (χ0n) is 21.1. The van der Waals surface area contributed by atoms with Gasteiger partial charge in [0, 0.05) is 11.1 Å². The smallest absolute Gasteiger partial charge is 0.227 e. The lowest BCUT2D eigenvalue weighted by atomic mass is 10.1. The van der Waals surface area contributed by atoms with Crippen LogP contribution in [0, 0.1) is 0 Å². The summed E-state index contributed by atoms with van der Waals surface area (Å²) in [4.78, 5) is 9.03. The second kappa shape index (κ2) is 12.9. The number of hydrogen-bond acceptors (Lipinski definition) is 4. The number of oxazole rings is 2. The Bertz CT molecular complexity index is 1400. The molecule has 0 radical (unpaired) electrons. The van der Waals surface area contributed by atoms with Crippen molar-refractivity contribution in [2.45, 2.75) is 41.5 Å². The van der Waals surface area contributed by atoms with Crippen molar-refractivity contribution in [2.24, 2.45) is 0 Å². The molecule has 0 unspecified atom stereocenters. The van der Waals surface area contributed by atoms with E-state index in [1.165, 1.54) is 0 Å². The fraction of sp³-hybridized carbons (Fsp3) is 0.200. The Morgan fingerprint density at radius 2 is 1.44 bits per heavy atom. The SMILES string of the molecule is C=C\C(=C/C=C(C)/C=C/C(C)=C/C=C(\C)c1nc(=C/C)/c(=C\C)o1)c1n/c(=C/C=C\C)c(=C)o1. The Morgan fingerprint density at radius 3 is 2.00 bits per heavy atom. The molecule has 4 heteroatoms. The van der Waals surface area contributed by atoms with Crippen LogP contribution in [0.25, 0.3) is 36.0 Å². The fourth-order valence-corrected chi connectivity index (χ4v) is 2.88. The molecule has 0 bridgehead atoms. The van der Waals surface area contributed by atoms with Gasteiger partial charge in [0.15, 0.2) is 5.42 Å². The van der Waals surface area contributed by atoms with E-state index in [0.29, 0.717) is 22.5 Å². The van der Waals surface area contributed by atoms with Crippen molar-refractivity contribution < 1.29 is 8.83 Å². The van der Waals surface area contributed by atoms with Gasteiger partial charge in [-0.05, 0) is 59.8 Å². The molecule has 2 rings (SSSR count). The summed E-state index contributed by atoms with van der Waals surface area (Å²) < 4.78 is 11.5. The summed E-state index contributed by atoms with van der Waals surface area (Å²) in [6, 6.07) is 0. The van der Waals surface area contributed by atoms with Crippen LogP contribution < -0.4 is 21.5 Å². The summed E-state index contributed by atoms with van der Waals surface area (Å²) in [5, 5.41) is 1.57. The zero-order chi connectivity index (χ0) is 25.1. The molecule has 0 N–H and O–H groups in total. The quantitative estimate of drug-likeness (QED) is 0.518. The van der Waals surface area contributed by atoms with Crippen LogP contribution in [0.15, 0.2) is 81.2 Å². The van der Waals surface area contributed by atoms with Crippen LogP contribution >= 0.6 is 0 Å². The highest BCUT2D eigenvalue weighted by molar-refractivity contribution is 5.69. The van der Waals surface area contributed by atoms with Crippen LogP contribution in [0.1, 0.15) is 53.3 Å². The van der Waals surface area contributed by atoms with E-state index in [1.54, 1.807) is 6.08 Å². The lowest BCUT2D eigenvalue weighted by molar-refractivity contribution is 0.510. The largest absolute Gasteiger partial charge is 0.437 e. The highest BCUT2D eigenvalue weighted by atomic mass is 16.3. The first-order valence-electron chi connectivity index (χ1n) is 11.3. The van der Waals surface area contributed by atoms with E-state index in [-0.39, 0.29) is 0 Å². The molecule has 0 aliphatic carbocycles. The third-order valence-corrected chi connectivity index (χ3v) is 4.93. The molecule has 34 heavy (non-hydrogen) atoms. The van der Waals surface area contributed by atoms with Gasteiger partial charge in [0.2, 0.25) is 11.8 Å². The van der Waals surface area contributed by atoms with E-state index < -0.39 is 0 Å². The molecule has 0 amide bonds. The van der Waals surface area contributed by atoms with Crippen molar-refractivity contribution in [1.29, 1.82) is 0 Å². The first kappa shape index (κ1) is 26.3. The van der Waals surface area contributed by atoms with Gasteiger partial charge in [-0.15, -0.1) is 0 Å². The lowest BCUT2D eigenvalue weighted by Gasteiger charge is -1.95. The first-order valence-corrected chi connectivity index (χ1v) is 11.3. The molecular formula is C30H34N2O2. The van der Waals surface area contributed by atoms with E-state index in [4.69, 9.17) is 8.83 Å². The predicted molar refractivity (Wildman–Crippen MR) is 145 cm³/mol. The number of aromatic nitrogens is 2. The van der Waals surface area contributed by atoms with Crippen LogP contribution in [0.5, 0.6) is 0 Å². The highest BCUT2D eigenvalue weighted by Gasteiger charge is 2.04. The highest BCUT2D eigenvalue weighted by Crippen LogP contribution is 2.12. The topological polar surface area (TPSA) is 52.1 Å². The van der Waals surface area contributed by atoms with Gasteiger partial charge in [-0.25, -0.2) is 9.97 Å². The van der Waals surface area contributed by atoms with Gasteiger partial charge in [0.1, 0.15) is 16.1 Å². The van der Waals surface area contributed by atoms with Gasteiger partial charge in [0.25, 0.3) is 0 Å². The van der Waals surface area contributed by atoms with E-state index >= 15 is 0 Å². The molecule has 0 aliphatic heterocycles. The lowest BCUT2D eigenvalue weighted by Crippen LogP contribution is -2.20. The third-order valence-electron chi connectivity index (χ3n) is 4.93. The maximum Gasteiger partial charge on any atom is 0.227 e. The number of hydrogen-bond donors (Lipinski definition) is 0. The predicted octanol–water partition coefficient (Wildman–Crippen LogP) is 5.15. The van der Waals surface area contributed by atoms with Crippen molar-refractivity contribution >= 4 is 36.0 Å². The molecular weight excluding hydrogens is 420 g/mol. The van der Waals surface area contributed by atoms with Crippen molar-refractivity contribution in [2.75, 3.05) is 0 Å². The van der Waals surface area contributed by atoms with Crippen LogP contribution in [0.4, 0.5) is 0 Å². The van der Waals surface area contributed by atoms with E-state index in [1.807, 2.05) is 89.3 Å². The van der Waals surface area contributed by atoms with Gasteiger partial charge >= 0.3 is 0 Å². The van der Waals surface area contributed by atoms with Gasteiger partial charge in [-0.1, -0.05) is 79.0 Å². The van der Waals surface area contributed by atoms with Crippen LogP contribution in [0.2, 0.25) is 0 Å². The molecule has 4 nitrogen and oxygen atoms in total. The van der Waals surface area contributed by atoms with E-state index in [9.17, 15) is 0 Å². The maximum atomic E-state index is 5.82. The molecule has 0 saturated heterocycles. The van der Waals surface area contributed by atoms with E-state index in [0.717, 1.165) is 33.1 Å². The molecule has 0 saturated carbocycles. The standard InChI is InChI=1S/C30H34N2O2/c1-9-13-14-27-24(8)33-30(32-27)25(10-2)20-18-22(6)16-15-21(5)17-19-23(7)29-31-26(11-3)28(12-4)34-29/h9-20H,2,8H2,1,3-7H3/b13-9-,16-15+,21-17+,22-18+,23-19+,25-20+,26-11+,27-14+,28-12+. The van der Waals surface area contributed by atoms with Crippen molar-refractivity contribution in [1.82, 2.24) is 9.97 Å². The average Bonchev–Trinajstić information content (AvgIpc) is 3.43. The normalized spacial score (nSPS) is 16.0. The molecule has 0 aliphatic rings. The second-order valence-corrected chi connectivity index (χ2v) is 7.70. The molecule has 0 atom stereocenters. The minimum Gasteiger partial charge on any atom is -0.437 e. The molecule has 2 heterocycles. The molecule has 0 fully saturated rings. The van der Waals surface area contributed by atoms with Gasteiger partial charge < -0.3 is 8.83 Å². The second-order valence-electron chi connectivity index (χ2n) is 7.70. The average molecular weight is 455 g/mol. The van der Waals surface area contributed by atoms with Gasteiger partial charge in [-0.3, -0.25) is 0 Å². The Morgan fingerprint density at radius 1 is 0.794 bits per heavy atom. The molecule has 2 aromatic heterocycles. The fourth-order valence-electron chi connectivity index (χ4n) is 2.88. The van der Waals surface area contributed by atoms with Crippen LogP contribution in [0.3, 0.4) is 0 Å². The van der Waals surface area contributed by atoms with Gasteiger partial charge in [0.05, 0.1) is 0 Å². The van der Waals surface area contributed by atoms with E-state index in [2.05, 4.69) is 42.2 Å². The Hall–Kier alpha value is -3.92. The zero-order valence-corrected chi connectivity index (χ0v) is 21.1.